The summed E-state index contributed by atoms with van der Waals surface area (Å²) in [6.45, 7) is 5.45. The van der Waals surface area contributed by atoms with Crippen LogP contribution in [0.25, 0.3) is 11.3 Å². The largest absolute Gasteiger partial charge is 0.314 e. The Morgan fingerprint density at radius 3 is 2.68 bits per heavy atom. The number of hydrogen-bond acceptors (Lipinski definition) is 3. The minimum absolute atomic E-state index is 1.02. The molecule has 0 amide bonds. The van der Waals surface area contributed by atoms with Gasteiger partial charge in [0.1, 0.15) is 0 Å². The second-order valence-electron chi connectivity index (χ2n) is 5.02. The maximum Gasteiger partial charge on any atom is 0.0682 e. The number of hydrogen-bond donors (Lipinski definition) is 1. The molecule has 1 aliphatic heterocycles. The van der Waals surface area contributed by atoms with Gasteiger partial charge in [-0.25, -0.2) is 0 Å². The Morgan fingerprint density at radius 2 is 1.95 bits per heavy atom. The lowest BCUT2D eigenvalue weighted by atomic mass is 10.0. The van der Waals surface area contributed by atoms with Crippen molar-refractivity contribution in [1.82, 2.24) is 20.0 Å². The first-order valence-electron chi connectivity index (χ1n) is 6.84. The van der Waals surface area contributed by atoms with Gasteiger partial charge in [-0.1, -0.05) is 24.3 Å². The number of aromatic nitrogens is 2. The summed E-state index contributed by atoms with van der Waals surface area (Å²) in [7, 11) is 2.00. The van der Waals surface area contributed by atoms with Crippen molar-refractivity contribution in [2.75, 3.05) is 26.2 Å². The van der Waals surface area contributed by atoms with Crippen LogP contribution in [0, 0.1) is 0 Å². The Labute approximate surface area is 114 Å². The van der Waals surface area contributed by atoms with E-state index in [0.717, 1.165) is 32.7 Å². The molecular weight excluding hydrogens is 236 g/mol. The van der Waals surface area contributed by atoms with Crippen LogP contribution in [0.15, 0.2) is 36.5 Å². The molecule has 100 valence electrons. The maximum atomic E-state index is 4.27. The predicted octanol–water partition coefficient (Wildman–Crippen LogP) is 1.49. The molecule has 2 aromatic rings. The molecule has 4 nitrogen and oxygen atoms in total. The lowest BCUT2D eigenvalue weighted by Crippen LogP contribution is -2.42. The third-order valence-electron chi connectivity index (χ3n) is 3.72. The van der Waals surface area contributed by atoms with Gasteiger partial charge in [-0.2, -0.15) is 5.10 Å². The second-order valence-corrected chi connectivity index (χ2v) is 5.02. The molecule has 1 aromatic heterocycles. The molecule has 1 N–H and O–H groups in total. The fourth-order valence-electron chi connectivity index (χ4n) is 2.66. The molecular formula is C15H20N4. The molecule has 1 aliphatic rings. The second kappa shape index (κ2) is 5.55. The van der Waals surface area contributed by atoms with Crippen LogP contribution in [-0.4, -0.2) is 40.9 Å². The molecule has 0 atom stereocenters. The van der Waals surface area contributed by atoms with Gasteiger partial charge in [0, 0.05) is 51.5 Å². The fourth-order valence-corrected chi connectivity index (χ4v) is 2.66. The van der Waals surface area contributed by atoms with E-state index in [1.165, 1.54) is 16.8 Å². The van der Waals surface area contributed by atoms with Crippen LogP contribution in [0.2, 0.25) is 0 Å². The van der Waals surface area contributed by atoms with Crippen LogP contribution in [0.1, 0.15) is 5.56 Å². The predicted molar refractivity (Wildman–Crippen MR) is 76.8 cm³/mol. The van der Waals surface area contributed by atoms with Crippen LogP contribution < -0.4 is 5.32 Å². The van der Waals surface area contributed by atoms with E-state index in [-0.39, 0.29) is 0 Å². The minimum atomic E-state index is 1.02. The van der Waals surface area contributed by atoms with Gasteiger partial charge in [0.25, 0.3) is 0 Å². The molecule has 1 aromatic carbocycles. The van der Waals surface area contributed by atoms with E-state index in [1.54, 1.807) is 0 Å². The summed E-state index contributed by atoms with van der Waals surface area (Å²) in [6, 6.07) is 10.7. The number of nitrogens with zero attached hydrogens (tertiary/aromatic N) is 3. The molecule has 0 bridgehead atoms. The van der Waals surface area contributed by atoms with E-state index < -0.39 is 0 Å². The molecule has 1 saturated heterocycles. The summed E-state index contributed by atoms with van der Waals surface area (Å²) in [5.74, 6) is 0. The van der Waals surface area contributed by atoms with E-state index in [4.69, 9.17) is 0 Å². The van der Waals surface area contributed by atoms with Crippen molar-refractivity contribution in [1.29, 1.82) is 0 Å². The highest BCUT2D eigenvalue weighted by molar-refractivity contribution is 5.63. The van der Waals surface area contributed by atoms with E-state index in [0.29, 0.717) is 0 Å². The summed E-state index contributed by atoms with van der Waals surface area (Å²) >= 11 is 0. The van der Waals surface area contributed by atoms with Crippen molar-refractivity contribution >= 4 is 0 Å². The Balaban J connectivity index is 1.87. The van der Waals surface area contributed by atoms with Crippen molar-refractivity contribution in [3.8, 4) is 11.3 Å². The van der Waals surface area contributed by atoms with Gasteiger partial charge in [0.05, 0.1) is 5.69 Å². The minimum Gasteiger partial charge on any atom is -0.314 e. The Hall–Kier alpha value is -1.65. The molecule has 0 unspecified atom stereocenters. The Bertz CT molecular complexity index is 541. The molecule has 19 heavy (non-hydrogen) atoms. The standard InChI is InChI=1S/C15H20N4/c1-18-15(6-7-17-18)14-5-3-2-4-13(14)12-19-10-8-16-9-11-19/h2-7,16H,8-12H2,1H3. The summed E-state index contributed by atoms with van der Waals surface area (Å²) in [4.78, 5) is 2.51. The van der Waals surface area contributed by atoms with Gasteiger partial charge < -0.3 is 5.32 Å². The van der Waals surface area contributed by atoms with E-state index in [2.05, 4.69) is 45.6 Å². The van der Waals surface area contributed by atoms with Crippen LogP contribution in [0.5, 0.6) is 0 Å². The first-order chi connectivity index (χ1) is 9.34. The molecule has 0 spiro atoms. The van der Waals surface area contributed by atoms with Gasteiger partial charge >= 0.3 is 0 Å². The highest BCUT2D eigenvalue weighted by atomic mass is 15.3. The first-order valence-corrected chi connectivity index (χ1v) is 6.84. The van der Waals surface area contributed by atoms with Gasteiger partial charge in [-0.15, -0.1) is 0 Å². The number of rotatable bonds is 3. The van der Waals surface area contributed by atoms with E-state index in [9.17, 15) is 0 Å². The topological polar surface area (TPSA) is 33.1 Å². The maximum absolute atomic E-state index is 4.27. The summed E-state index contributed by atoms with van der Waals surface area (Å²) in [5, 5.41) is 7.67. The molecule has 0 radical (unpaired) electrons. The lowest BCUT2D eigenvalue weighted by molar-refractivity contribution is 0.233. The average Bonchev–Trinajstić information content (AvgIpc) is 2.87. The smallest absolute Gasteiger partial charge is 0.0682 e. The Morgan fingerprint density at radius 1 is 1.16 bits per heavy atom. The van der Waals surface area contributed by atoms with Crippen molar-refractivity contribution < 1.29 is 0 Å². The molecule has 3 rings (SSSR count). The summed E-state index contributed by atoms with van der Waals surface area (Å²) < 4.78 is 1.94. The van der Waals surface area contributed by atoms with Crippen LogP contribution in [0.4, 0.5) is 0 Å². The zero-order valence-electron chi connectivity index (χ0n) is 11.3. The number of nitrogens with one attached hydrogen (secondary N) is 1. The van der Waals surface area contributed by atoms with E-state index in [1.807, 2.05) is 17.9 Å². The zero-order valence-corrected chi connectivity index (χ0v) is 11.3. The SMILES string of the molecule is Cn1nccc1-c1ccccc1CN1CCNCC1. The van der Waals surface area contributed by atoms with Crippen LogP contribution >= 0.6 is 0 Å². The molecule has 0 saturated carbocycles. The number of piperazine rings is 1. The quantitative estimate of drug-likeness (QED) is 0.903. The van der Waals surface area contributed by atoms with Gasteiger partial charge in [0.2, 0.25) is 0 Å². The summed E-state index contributed by atoms with van der Waals surface area (Å²) in [6.07, 6.45) is 1.86. The fraction of sp³-hybridized carbons (Fsp3) is 0.400. The molecule has 0 aliphatic carbocycles. The number of aryl methyl sites for hydroxylation is 1. The van der Waals surface area contributed by atoms with Crippen molar-refractivity contribution in [3.05, 3.63) is 42.1 Å². The van der Waals surface area contributed by atoms with Crippen LogP contribution in [-0.2, 0) is 13.6 Å². The number of benzene rings is 1. The zero-order chi connectivity index (χ0) is 13.1. The molecule has 4 heteroatoms. The molecule has 1 fully saturated rings. The highest BCUT2D eigenvalue weighted by Crippen LogP contribution is 2.24. The van der Waals surface area contributed by atoms with Crippen molar-refractivity contribution in [3.63, 3.8) is 0 Å². The average molecular weight is 256 g/mol. The Kier molecular flexibility index (Phi) is 3.62. The van der Waals surface area contributed by atoms with Crippen molar-refractivity contribution in [2.45, 2.75) is 6.54 Å². The normalized spacial score (nSPS) is 16.7. The van der Waals surface area contributed by atoms with Crippen LogP contribution in [0.3, 0.4) is 0 Å². The highest BCUT2D eigenvalue weighted by Gasteiger charge is 2.13. The first kappa shape index (κ1) is 12.4. The third kappa shape index (κ3) is 2.69. The monoisotopic (exact) mass is 256 g/mol. The molecule has 2 heterocycles. The third-order valence-corrected chi connectivity index (χ3v) is 3.72. The van der Waals surface area contributed by atoms with Gasteiger partial charge in [-0.05, 0) is 11.6 Å². The van der Waals surface area contributed by atoms with Crippen molar-refractivity contribution in [2.24, 2.45) is 7.05 Å². The van der Waals surface area contributed by atoms with E-state index >= 15 is 0 Å². The van der Waals surface area contributed by atoms with Gasteiger partial charge in [0.15, 0.2) is 0 Å². The lowest BCUT2D eigenvalue weighted by Gasteiger charge is -2.28. The summed E-state index contributed by atoms with van der Waals surface area (Å²) in [5.41, 5.74) is 3.86. The van der Waals surface area contributed by atoms with Gasteiger partial charge in [-0.3, -0.25) is 9.58 Å².